The number of hydrogen-bond donors (Lipinski definition) is 1. The summed E-state index contributed by atoms with van der Waals surface area (Å²) in [5, 5.41) is 10.9. The number of ether oxygens (including phenoxy) is 1. The lowest BCUT2D eigenvalue weighted by Gasteiger charge is -2.25. The van der Waals surface area contributed by atoms with E-state index in [0.29, 0.717) is 43.8 Å². The molecule has 10 heteroatoms. The average molecular weight is 395 g/mol. The Morgan fingerprint density at radius 1 is 1.26 bits per heavy atom. The van der Waals surface area contributed by atoms with Crippen molar-refractivity contribution in [3.63, 3.8) is 0 Å². The molecule has 3 rings (SSSR count). The summed E-state index contributed by atoms with van der Waals surface area (Å²) in [6, 6.07) is 4.85. The monoisotopic (exact) mass is 395 g/mol. The summed E-state index contributed by atoms with van der Waals surface area (Å²) in [5.41, 5.74) is 1.21. The van der Waals surface area contributed by atoms with Crippen molar-refractivity contribution in [3.8, 4) is 0 Å². The van der Waals surface area contributed by atoms with E-state index in [4.69, 9.17) is 4.74 Å². The third kappa shape index (κ3) is 4.63. The Bertz CT molecular complexity index is 890. The first-order valence-electron chi connectivity index (χ1n) is 9.11. The van der Waals surface area contributed by atoms with E-state index in [2.05, 4.69) is 15.6 Å². The van der Waals surface area contributed by atoms with Crippen LogP contribution in [0.1, 0.15) is 25.7 Å². The largest absolute Gasteiger partial charge is 0.383 e. The molecule has 1 N–H and O–H groups in total. The standard InChI is InChI=1S/C17H25N5O4S/c1-26-12-8-18-17(23)7-11-22-16-6-5-14(13-15(16)19-20-22)27(24,25)21-9-3-2-4-10-21/h5-6,13H,2-4,7-12H2,1H3,(H,18,23). The number of methoxy groups -OCH3 is 1. The summed E-state index contributed by atoms with van der Waals surface area (Å²) in [7, 11) is -1.93. The Morgan fingerprint density at radius 2 is 2.04 bits per heavy atom. The number of benzene rings is 1. The highest BCUT2D eigenvalue weighted by atomic mass is 32.2. The van der Waals surface area contributed by atoms with Gasteiger partial charge in [-0.25, -0.2) is 13.1 Å². The minimum Gasteiger partial charge on any atom is -0.383 e. The molecule has 2 heterocycles. The fourth-order valence-corrected chi connectivity index (χ4v) is 4.66. The predicted molar refractivity (Wildman–Crippen MR) is 99.6 cm³/mol. The zero-order valence-corrected chi connectivity index (χ0v) is 16.2. The van der Waals surface area contributed by atoms with Crippen molar-refractivity contribution in [2.45, 2.75) is 37.1 Å². The second kappa shape index (κ2) is 8.77. The highest BCUT2D eigenvalue weighted by Crippen LogP contribution is 2.23. The van der Waals surface area contributed by atoms with Crippen molar-refractivity contribution in [3.05, 3.63) is 18.2 Å². The van der Waals surface area contributed by atoms with Gasteiger partial charge in [-0.3, -0.25) is 4.79 Å². The van der Waals surface area contributed by atoms with Crippen LogP contribution in [-0.4, -0.2) is 67.0 Å². The smallest absolute Gasteiger partial charge is 0.243 e. The minimum atomic E-state index is -3.50. The first-order chi connectivity index (χ1) is 13.0. The van der Waals surface area contributed by atoms with Gasteiger partial charge in [0.25, 0.3) is 0 Å². The van der Waals surface area contributed by atoms with Gasteiger partial charge in [-0.05, 0) is 31.0 Å². The predicted octanol–water partition coefficient (Wildman–Crippen LogP) is 0.759. The van der Waals surface area contributed by atoms with Gasteiger partial charge >= 0.3 is 0 Å². The lowest BCUT2D eigenvalue weighted by atomic mass is 10.2. The van der Waals surface area contributed by atoms with Crippen molar-refractivity contribution in [1.29, 1.82) is 0 Å². The molecule has 0 bridgehead atoms. The summed E-state index contributed by atoms with van der Waals surface area (Å²) in [5.74, 6) is -0.0972. The minimum absolute atomic E-state index is 0.0972. The van der Waals surface area contributed by atoms with Gasteiger partial charge in [0.1, 0.15) is 5.52 Å². The van der Waals surface area contributed by atoms with Gasteiger partial charge in [0.05, 0.1) is 23.6 Å². The molecule has 0 radical (unpaired) electrons. The molecule has 0 unspecified atom stereocenters. The first-order valence-corrected chi connectivity index (χ1v) is 10.6. The van der Waals surface area contributed by atoms with Crippen LogP contribution in [0.15, 0.2) is 23.1 Å². The van der Waals surface area contributed by atoms with Gasteiger partial charge < -0.3 is 10.1 Å². The highest BCUT2D eigenvalue weighted by molar-refractivity contribution is 7.89. The van der Waals surface area contributed by atoms with E-state index >= 15 is 0 Å². The molecule has 1 amide bonds. The second-order valence-corrected chi connectivity index (χ2v) is 8.46. The SMILES string of the molecule is COCCNC(=O)CCn1nnc2cc(S(=O)(=O)N3CCCCC3)ccc21. The van der Waals surface area contributed by atoms with Crippen LogP contribution in [0.3, 0.4) is 0 Å². The number of aryl methyl sites for hydroxylation is 1. The number of aromatic nitrogens is 3. The zero-order chi connectivity index (χ0) is 19.3. The van der Waals surface area contributed by atoms with Crippen molar-refractivity contribution in [2.75, 3.05) is 33.4 Å². The van der Waals surface area contributed by atoms with Crippen LogP contribution in [0.4, 0.5) is 0 Å². The molecule has 27 heavy (non-hydrogen) atoms. The molecule has 1 saturated heterocycles. The van der Waals surface area contributed by atoms with Crippen molar-refractivity contribution < 1.29 is 17.9 Å². The van der Waals surface area contributed by atoms with Gasteiger partial charge in [0.15, 0.2) is 0 Å². The third-order valence-corrected chi connectivity index (χ3v) is 6.51. The molecule has 1 aromatic heterocycles. The van der Waals surface area contributed by atoms with Gasteiger partial charge in [0, 0.05) is 33.2 Å². The highest BCUT2D eigenvalue weighted by Gasteiger charge is 2.26. The maximum Gasteiger partial charge on any atom is 0.243 e. The zero-order valence-electron chi connectivity index (χ0n) is 15.4. The number of sulfonamides is 1. The Hall–Kier alpha value is -2.04. The molecular formula is C17H25N5O4S. The van der Waals surface area contributed by atoms with E-state index < -0.39 is 10.0 Å². The normalized spacial score (nSPS) is 15.9. The van der Waals surface area contributed by atoms with Crippen molar-refractivity contribution >= 4 is 27.0 Å². The number of nitrogens with zero attached hydrogens (tertiary/aromatic N) is 4. The third-order valence-electron chi connectivity index (χ3n) is 4.62. The molecule has 0 spiro atoms. The van der Waals surface area contributed by atoms with Gasteiger partial charge in [0.2, 0.25) is 15.9 Å². The molecule has 0 aliphatic carbocycles. The Labute approximate surface area is 158 Å². The second-order valence-electron chi connectivity index (χ2n) is 6.52. The molecular weight excluding hydrogens is 370 g/mol. The summed E-state index contributed by atoms with van der Waals surface area (Å²) in [4.78, 5) is 12.0. The summed E-state index contributed by atoms with van der Waals surface area (Å²) in [6.07, 6.45) is 3.11. The first kappa shape index (κ1) is 19.7. The fraction of sp³-hybridized carbons (Fsp3) is 0.588. The maximum absolute atomic E-state index is 12.8. The van der Waals surface area contributed by atoms with Crippen LogP contribution in [0.2, 0.25) is 0 Å². The van der Waals surface area contributed by atoms with Crippen LogP contribution >= 0.6 is 0 Å². The van der Waals surface area contributed by atoms with Gasteiger partial charge in [-0.2, -0.15) is 4.31 Å². The number of nitrogens with one attached hydrogen (secondary N) is 1. The van der Waals surface area contributed by atoms with E-state index in [0.717, 1.165) is 19.3 Å². The van der Waals surface area contributed by atoms with Gasteiger partial charge in [-0.15, -0.1) is 5.10 Å². The van der Waals surface area contributed by atoms with E-state index in [-0.39, 0.29) is 17.2 Å². The Morgan fingerprint density at radius 3 is 2.78 bits per heavy atom. The van der Waals surface area contributed by atoms with Crippen molar-refractivity contribution in [2.24, 2.45) is 0 Å². The summed E-state index contributed by atoms with van der Waals surface area (Å²) in [6.45, 7) is 2.42. The molecule has 2 aromatic rings. The lowest BCUT2D eigenvalue weighted by molar-refractivity contribution is -0.121. The molecule has 1 aliphatic heterocycles. The summed E-state index contributed by atoms with van der Waals surface area (Å²) < 4.78 is 33.6. The Kier molecular flexibility index (Phi) is 6.40. The van der Waals surface area contributed by atoms with Gasteiger partial charge in [-0.1, -0.05) is 11.6 Å². The van der Waals surface area contributed by atoms with Crippen LogP contribution in [0.25, 0.3) is 11.0 Å². The number of piperidine rings is 1. The fourth-order valence-electron chi connectivity index (χ4n) is 3.12. The van der Waals surface area contributed by atoms with E-state index in [9.17, 15) is 13.2 Å². The molecule has 1 aromatic carbocycles. The van der Waals surface area contributed by atoms with E-state index in [1.165, 1.54) is 4.31 Å². The summed E-state index contributed by atoms with van der Waals surface area (Å²) >= 11 is 0. The number of rotatable bonds is 8. The molecule has 1 aliphatic rings. The topological polar surface area (TPSA) is 106 Å². The number of carbonyl (C=O) groups is 1. The van der Waals surface area contributed by atoms with E-state index in [1.54, 1.807) is 30.0 Å². The molecule has 9 nitrogen and oxygen atoms in total. The quantitative estimate of drug-likeness (QED) is 0.662. The number of carbonyl (C=O) groups excluding carboxylic acids is 1. The van der Waals surface area contributed by atoms with Crippen LogP contribution in [0, 0.1) is 0 Å². The molecule has 1 fully saturated rings. The van der Waals surface area contributed by atoms with Crippen LogP contribution in [0.5, 0.6) is 0 Å². The van der Waals surface area contributed by atoms with Crippen molar-refractivity contribution in [1.82, 2.24) is 24.6 Å². The van der Waals surface area contributed by atoms with E-state index in [1.807, 2.05) is 0 Å². The number of hydrogen-bond acceptors (Lipinski definition) is 6. The average Bonchev–Trinajstić information content (AvgIpc) is 3.09. The molecule has 148 valence electrons. The maximum atomic E-state index is 12.8. The van der Waals surface area contributed by atoms with Crippen LogP contribution in [-0.2, 0) is 26.1 Å². The molecule has 0 saturated carbocycles. The number of fused-ring (bicyclic) bond motifs is 1. The number of amides is 1. The molecule has 0 atom stereocenters. The lowest BCUT2D eigenvalue weighted by Crippen LogP contribution is -2.35. The van der Waals surface area contributed by atoms with Crippen LogP contribution < -0.4 is 5.32 Å². The Balaban J connectivity index is 1.70.